The minimum absolute atomic E-state index is 0.281. The van der Waals surface area contributed by atoms with Crippen LogP contribution in [0.1, 0.15) is 15.4 Å². The van der Waals surface area contributed by atoms with Crippen LogP contribution < -0.4 is 10.9 Å². The molecule has 2 aromatic heterocycles. The van der Waals surface area contributed by atoms with Crippen LogP contribution in [0.4, 0.5) is 5.69 Å². The molecule has 21 heavy (non-hydrogen) atoms. The number of amides is 1. The van der Waals surface area contributed by atoms with Crippen LogP contribution in [0.25, 0.3) is 4.96 Å². The molecule has 1 N–H and O–H groups in total. The van der Waals surface area contributed by atoms with Crippen LogP contribution in [0.2, 0.25) is 5.02 Å². The molecular weight excluding hydrogens is 312 g/mol. The first-order valence-corrected chi connectivity index (χ1v) is 7.17. The van der Waals surface area contributed by atoms with Gasteiger partial charge in [0.2, 0.25) is 4.96 Å². The first kappa shape index (κ1) is 13.7. The summed E-state index contributed by atoms with van der Waals surface area (Å²) in [4.78, 5) is 28.3. The van der Waals surface area contributed by atoms with E-state index in [1.807, 2.05) is 0 Å². The zero-order chi connectivity index (χ0) is 15.0. The fourth-order valence-corrected chi connectivity index (χ4v) is 2.70. The first-order valence-electron chi connectivity index (χ1n) is 5.97. The Kier molecular flexibility index (Phi) is 3.44. The molecule has 0 aliphatic rings. The smallest absolute Gasteiger partial charge is 0.295 e. The van der Waals surface area contributed by atoms with Crippen LogP contribution >= 0.6 is 22.9 Å². The van der Waals surface area contributed by atoms with Gasteiger partial charge in [0.1, 0.15) is 10.6 Å². The normalized spacial score (nSPS) is 10.8. The molecule has 1 amide bonds. The number of halogens is 1. The fourth-order valence-electron chi connectivity index (χ4n) is 1.71. The van der Waals surface area contributed by atoms with Crippen LogP contribution in [0.15, 0.2) is 35.3 Å². The number of aromatic nitrogens is 3. The van der Waals surface area contributed by atoms with Crippen molar-refractivity contribution in [1.82, 2.24) is 14.6 Å². The number of benzene rings is 1. The number of nitrogens with zero attached hydrogens (tertiary/aromatic N) is 3. The number of fused-ring (bicyclic) bond motifs is 1. The van der Waals surface area contributed by atoms with E-state index in [1.165, 1.54) is 10.7 Å². The van der Waals surface area contributed by atoms with Gasteiger partial charge in [-0.3, -0.25) is 9.59 Å². The van der Waals surface area contributed by atoms with Crippen molar-refractivity contribution in [3.05, 3.63) is 56.4 Å². The Morgan fingerprint density at radius 3 is 2.90 bits per heavy atom. The second kappa shape index (κ2) is 5.27. The second-order valence-electron chi connectivity index (χ2n) is 4.26. The molecule has 0 bridgehead atoms. The fraction of sp³-hybridized carbons (Fsp3) is 0.0769. The maximum Gasteiger partial charge on any atom is 0.295 e. The average molecular weight is 321 g/mol. The Bertz CT molecular complexity index is 903. The van der Waals surface area contributed by atoms with Gasteiger partial charge in [0.25, 0.3) is 11.5 Å². The summed E-state index contributed by atoms with van der Waals surface area (Å²) in [6.45, 7) is 1.57. The van der Waals surface area contributed by atoms with E-state index in [0.29, 0.717) is 20.5 Å². The molecule has 0 radical (unpaired) electrons. The summed E-state index contributed by atoms with van der Waals surface area (Å²) in [5.74, 6) is -0.328. The molecule has 0 atom stereocenters. The van der Waals surface area contributed by atoms with Crippen LogP contribution in [-0.2, 0) is 0 Å². The number of thiazole rings is 1. The molecule has 0 spiro atoms. The minimum atomic E-state index is -0.394. The number of carbonyl (C=O) groups excluding carboxylic acids is 1. The van der Waals surface area contributed by atoms with Crippen molar-refractivity contribution < 1.29 is 4.79 Å². The van der Waals surface area contributed by atoms with Crippen LogP contribution in [-0.4, -0.2) is 20.5 Å². The van der Waals surface area contributed by atoms with Gasteiger partial charge >= 0.3 is 0 Å². The molecule has 3 aromatic rings. The Labute approximate surface area is 128 Å². The third-order valence-corrected chi connectivity index (χ3v) is 4.05. The summed E-state index contributed by atoms with van der Waals surface area (Å²) in [5.41, 5.74) is 0.409. The second-order valence-corrected chi connectivity index (χ2v) is 5.68. The number of nitrogens with one attached hydrogen (secondary N) is 1. The number of hydrogen-bond acceptors (Lipinski definition) is 5. The predicted octanol–water partition coefficient (Wildman–Crippen LogP) is 2.37. The van der Waals surface area contributed by atoms with Crippen LogP contribution in [0, 0.1) is 6.92 Å². The summed E-state index contributed by atoms with van der Waals surface area (Å²) >= 11 is 7.08. The lowest BCUT2D eigenvalue weighted by molar-refractivity contribution is 0.103. The van der Waals surface area contributed by atoms with Crippen molar-refractivity contribution in [3.63, 3.8) is 0 Å². The Hall–Kier alpha value is -2.25. The summed E-state index contributed by atoms with van der Waals surface area (Å²) in [7, 11) is 0. The van der Waals surface area contributed by atoms with E-state index in [2.05, 4.69) is 15.4 Å². The van der Waals surface area contributed by atoms with Crippen molar-refractivity contribution in [2.75, 3.05) is 5.32 Å². The molecule has 8 heteroatoms. The number of rotatable bonds is 2. The lowest BCUT2D eigenvalue weighted by Gasteiger charge is -2.04. The summed E-state index contributed by atoms with van der Waals surface area (Å²) in [6, 6.07) is 6.95. The lowest BCUT2D eigenvalue weighted by atomic mass is 10.3. The monoisotopic (exact) mass is 320 g/mol. The van der Waals surface area contributed by atoms with Gasteiger partial charge in [-0.15, -0.1) is 0 Å². The van der Waals surface area contributed by atoms with E-state index in [4.69, 9.17) is 11.6 Å². The first-order chi connectivity index (χ1) is 10.0. The summed E-state index contributed by atoms with van der Waals surface area (Å²) < 4.78 is 1.42. The van der Waals surface area contributed by atoms with E-state index in [-0.39, 0.29) is 11.6 Å². The lowest BCUT2D eigenvalue weighted by Crippen LogP contribution is -2.14. The number of aryl methyl sites for hydroxylation is 1. The largest absolute Gasteiger partial charge is 0.320 e. The van der Waals surface area contributed by atoms with Gasteiger partial charge in [0, 0.05) is 0 Å². The number of hydrogen-bond donors (Lipinski definition) is 1. The van der Waals surface area contributed by atoms with E-state index in [1.54, 1.807) is 31.2 Å². The van der Waals surface area contributed by atoms with Crippen LogP contribution in [0.3, 0.4) is 0 Å². The molecule has 0 fully saturated rings. The predicted molar refractivity (Wildman–Crippen MR) is 81.3 cm³/mol. The average Bonchev–Trinajstić information content (AvgIpc) is 2.85. The van der Waals surface area contributed by atoms with Gasteiger partial charge in [-0.05, 0) is 19.1 Å². The standard InChI is InChI=1S/C13H9ClN4O2S/c1-7-11(19)16-13-18(17-7)6-10(21-13)12(20)15-9-5-3-2-4-8(9)14/h2-6H,1H3,(H,15,20). The summed E-state index contributed by atoms with van der Waals surface area (Å²) in [5, 5.41) is 7.21. The molecule has 0 aliphatic carbocycles. The number of para-hydroxylation sites is 1. The van der Waals surface area contributed by atoms with Gasteiger partial charge in [-0.25, -0.2) is 4.52 Å². The van der Waals surface area contributed by atoms with E-state index >= 15 is 0 Å². The molecule has 3 rings (SSSR count). The molecular formula is C13H9ClN4O2S. The van der Waals surface area contributed by atoms with Gasteiger partial charge < -0.3 is 5.32 Å². The van der Waals surface area contributed by atoms with Gasteiger partial charge in [-0.1, -0.05) is 35.1 Å². The zero-order valence-corrected chi connectivity index (χ0v) is 12.4. The molecule has 2 heterocycles. The van der Waals surface area contributed by atoms with Gasteiger partial charge in [-0.2, -0.15) is 10.1 Å². The minimum Gasteiger partial charge on any atom is -0.320 e. The molecule has 1 aromatic carbocycles. The topological polar surface area (TPSA) is 76.4 Å². The highest BCUT2D eigenvalue weighted by Crippen LogP contribution is 2.22. The highest BCUT2D eigenvalue weighted by Gasteiger charge is 2.13. The van der Waals surface area contributed by atoms with Crippen molar-refractivity contribution in [1.29, 1.82) is 0 Å². The maximum absolute atomic E-state index is 12.2. The van der Waals surface area contributed by atoms with Crippen molar-refractivity contribution in [3.8, 4) is 0 Å². The Morgan fingerprint density at radius 1 is 1.38 bits per heavy atom. The maximum atomic E-state index is 12.2. The van der Waals surface area contributed by atoms with E-state index < -0.39 is 5.56 Å². The Balaban J connectivity index is 1.95. The number of carbonyl (C=O) groups is 1. The summed E-state index contributed by atoms with van der Waals surface area (Å²) in [6.07, 6.45) is 1.53. The molecule has 106 valence electrons. The third-order valence-electron chi connectivity index (χ3n) is 2.75. The van der Waals surface area contributed by atoms with Gasteiger partial charge in [0.05, 0.1) is 16.9 Å². The quantitative estimate of drug-likeness (QED) is 0.786. The van der Waals surface area contributed by atoms with Crippen LogP contribution in [0.5, 0.6) is 0 Å². The molecule has 6 nitrogen and oxygen atoms in total. The van der Waals surface area contributed by atoms with Gasteiger partial charge in [0.15, 0.2) is 0 Å². The molecule has 0 saturated carbocycles. The van der Waals surface area contributed by atoms with Crippen molar-refractivity contribution >= 4 is 39.5 Å². The molecule has 0 saturated heterocycles. The zero-order valence-electron chi connectivity index (χ0n) is 10.8. The Morgan fingerprint density at radius 2 is 2.14 bits per heavy atom. The highest BCUT2D eigenvalue weighted by molar-refractivity contribution is 7.18. The highest BCUT2D eigenvalue weighted by atomic mass is 35.5. The van der Waals surface area contributed by atoms with E-state index in [0.717, 1.165) is 11.3 Å². The van der Waals surface area contributed by atoms with E-state index in [9.17, 15) is 9.59 Å². The molecule has 0 unspecified atom stereocenters. The van der Waals surface area contributed by atoms with Crippen molar-refractivity contribution in [2.24, 2.45) is 0 Å². The SMILES string of the molecule is Cc1nn2cc(C(=O)Nc3ccccc3Cl)sc2nc1=O. The number of anilines is 1. The van der Waals surface area contributed by atoms with Crippen molar-refractivity contribution in [2.45, 2.75) is 6.92 Å². The third kappa shape index (κ3) is 2.65. The molecule has 0 aliphatic heterocycles.